The van der Waals surface area contributed by atoms with Crippen LogP contribution in [0, 0.1) is 0 Å². The first-order valence-electron chi connectivity index (χ1n) is 7.32. The molecule has 0 aliphatic carbocycles. The summed E-state index contributed by atoms with van der Waals surface area (Å²) < 4.78 is 5.31. The summed E-state index contributed by atoms with van der Waals surface area (Å²) in [5.74, 6) is 1.65. The second-order valence-electron chi connectivity index (χ2n) is 5.86. The molecule has 3 rings (SSSR count). The Morgan fingerprint density at radius 2 is 2.00 bits per heavy atom. The van der Waals surface area contributed by atoms with E-state index in [4.69, 9.17) is 10.5 Å². The van der Waals surface area contributed by atoms with Crippen molar-refractivity contribution in [1.29, 1.82) is 0 Å². The van der Waals surface area contributed by atoms with Gasteiger partial charge in [-0.15, -0.1) is 0 Å². The Balaban J connectivity index is 1.74. The molecule has 2 aliphatic rings. The summed E-state index contributed by atoms with van der Waals surface area (Å²) in [6.45, 7) is 0. The summed E-state index contributed by atoms with van der Waals surface area (Å²) in [5, 5.41) is 3.51. The Hall–Kier alpha value is -1.56. The van der Waals surface area contributed by atoms with Crippen LogP contribution in [0.2, 0.25) is 0 Å². The van der Waals surface area contributed by atoms with E-state index in [0.29, 0.717) is 35.5 Å². The minimum absolute atomic E-state index is 0.387. The van der Waals surface area contributed by atoms with Crippen LogP contribution in [-0.4, -0.2) is 47.2 Å². The van der Waals surface area contributed by atoms with Crippen molar-refractivity contribution < 1.29 is 4.74 Å². The van der Waals surface area contributed by atoms with E-state index in [1.807, 2.05) is 0 Å². The number of nitrogen functional groups attached to an aromatic ring is 1. The predicted molar refractivity (Wildman–Crippen MR) is 78.8 cm³/mol. The molecule has 0 spiro atoms. The molecule has 110 valence electrons. The SMILES string of the molecule is COc1c(N)ncnc1NC1CC2CCCC(C1)N2C. The van der Waals surface area contributed by atoms with Crippen LogP contribution in [0.3, 0.4) is 0 Å². The Labute approximate surface area is 119 Å². The summed E-state index contributed by atoms with van der Waals surface area (Å²) in [5.41, 5.74) is 5.83. The van der Waals surface area contributed by atoms with E-state index in [-0.39, 0.29) is 0 Å². The molecule has 0 amide bonds. The molecule has 1 aromatic rings. The van der Waals surface area contributed by atoms with E-state index in [9.17, 15) is 0 Å². The second-order valence-corrected chi connectivity index (χ2v) is 5.86. The number of piperidine rings is 2. The lowest BCUT2D eigenvalue weighted by Gasteiger charge is -2.47. The normalized spacial score (nSPS) is 30.0. The lowest BCUT2D eigenvalue weighted by molar-refractivity contribution is 0.0607. The first kappa shape index (κ1) is 13.4. The van der Waals surface area contributed by atoms with Crippen LogP contribution in [0.5, 0.6) is 5.75 Å². The highest BCUT2D eigenvalue weighted by molar-refractivity contribution is 5.61. The fourth-order valence-electron chi connectivity index (χ4n) is 3.62. The minimum Gasteiger partial charge on any atom is -0.490 e. The van der Waals surface area contributed by atoms with E-state index < -0.39 is 0 Å². The Morgan fingerprint density at radius 3 is 2.65 bits per heavy atom. The van der Waals surface area contributed by atoms with Gasteiger partial charge < -0.3 is 20.7 Å². The average Bonchev–Trinajstić information content (AvgIpc) is 2.40. The van der Waals surface area contributed by atoms with E-state index in [1.54, 1.807) is 7.11 Å². The lowest BCUT2D eigenvalue weighted by Crippen LogP contribution is -2.52. The molecule has 6 heteroatoms. The first-order chi connectivity index (χ1) is 9.69. The van der Waals surface area contributed by atoms with Gasteiger partial charge in [0, 0.05) is 18.1 Å². The van der Waals surface area contributed by atoms with Crippen molar-refractivity contribution in [2.45, 2.75) is 50.2 Å². The van der Waals surface area contributed by atoms with Gasteiger partial charge in [0.1, 0.15) is 6.33 Å². The highest BCUT2D eigenvalue weighted by Crippen LogP contribution is 2.35. The van der Waals surface area contributed by atoms with Crippen molar-refractivity contribution >= 4 is 11.6 Å². The van der Waals surface area contributed by atoms with Gasteiger partial charge in [0.25, 0.3) is 0 Å². The second kappa shape index (κ2) is 5.44. The number of fused-ring (bicyclic) bond motifs is 2. The molecular weight excluding hydrogens is 254 g/mol. The lowest BCUT2D eigenvalue weighted by atomic mass is 9.82. The van der Waals surface area contributed by atoms with Gasteiger partial charge in [0.2, 0.25) is 5.75 Å². The smallest absolute Gasteiger partial charge is 0.203 e. The highest BCUT2D eigenvalue weighted by atomic mass is 16.5. The number of anilines is 2. The number of rotatable bonds is 3. The molecule has 6 nitrogen and oxygen atoms in total. The maximum Gasteiger partial charge on any atom is 0.203 e. The molecule has 1 aromatic heterocycles. The molecular formula is C14H23N5O. The Bertz CT molecular complexity index is 467. The van der Waals surface area contributed by atoms with Gasteiger partial charge in [0.15, 0.2) is 11.6 Å². The monoisotopic (exact) mass is 277 g/mol. The molecule has 2 atom stereocenters. The number of ether oxygens (including phenoxy) is 1. The van der Waals surface area contributed by atoms with E-state index >= 15 is 0 Å². The third-order valence-electron chi connectivity index (χ3n) is 4.72. The summed E-state index contributed by atoms with van der Waals surface area (Å²) >= 11 is 0. The molecule has 20 heavy (non-hydrogen) atoms. The van der Waals surface area contributed by atoms with Gasteiger partial charge in [-0.2, -0.15) is 0 Å². The Morgan fingerprint density at radius 1 is 1.30 bits per heavy atom. The van der Waals surface area contributed by atoms with Crippen LogP contribution in [0.1, 0.15) is 32.1 Å². The van der Waals surface area contributed by atoms with Crippen LogP contribution < -0.4 is 15.8 Å². The zero-order valence-corrected chi connectivity index (χ0v) is 12.2. The minimum atomic E-state index is 0.387. The molecule has 0 saturated carbocycles. The van der Waals surface area contributed by atoms with Crippen LogP contribution >= 0.6 is 0 Å². The summed E-state index contributed by atoms with van der Waals surface area (Å²) in [6, 6.07) is 1.81. The number of hydrogen-bond acceptors (Lipinski definition) is 6. The van der Waals surface area contributed by atoms with Crippen LogP contribution in [0.4, 0.5) is 11.6 Å². The van der Waals surface area contributed by atoms with E-state index in [0.717, 1.165) is 12.8 Å². The quantitative estimate of drug-likeness (QED) is 0.872. The molecule has 2 unspecified atom stereocenters. The fourth-order valence-corrected chi connectivity index (χ4v) is 3.62. The number of aromatic nitrogens is 2. The molecule has 0 aromatic carbocycles. The van der Waals surface area contributed by atoms with Gasteiger partial charge in [-0.3, -0.25) is 0 Å². The number of nitrogens with one attached hydrogen (secondary N) is 1. The van der Waals surface area contributed by atoms with Gasteiger partial charge in [-0.05, 0) is 32.7 Å². The van der Waals surface area contributed by atoms with Gasteiger partial charge in [-0.25, -0.2) is 9.97 Å². The summed E-state index contributed by atoms with van der Waals surface area (Å²) in [7, 11) is 3.86. The van der Waals surface area contributed by atoms with Crippen molar-refractivity contribution in [1.82, 2.24) is 14.9 Å². The van der Waals surface area contributed by atoms with Gasteiger partial charge in [-0.1, -0.05) is 6.42 Å². The summed E-state index contributed by atoms with van der Waals surface area (Å²) in [6.07, 6.45) is 7.74. The van der Waals surface area contributed by atoms with Gasteiger partial charge >= 0.3 is 0 Å². The molecule has 2 bridgehead atoms. The molecule has 0 radical (unpaired) electrons. The highest BCUT2D eigenvalue weighted by Gasteiger charge is 2.36. The number of nitrogens with zero attached hydrogens (tertiary/aromatic N) is 3. The molecule has 2 aliphatic heterocycles. The maximum absolute atomic E-state index is 5.83. The van der Waals surface area contributed by atoms with Crippen LogP contribution in [0.15, 0.2) is 6.33 Å². The summed E-state index contributed by atoms with van der Waals surface area (Å²) in [4.78, 5) is 10.8. The zero-order valence-electron chi connectivity index (χ0n) is 12.2. The number of hydrogen-bond donors (Lipinski definition) is 2. The standard InChI is InChI=1S/C14H23N5O/c1-19-10-4-3-5-11(19)7-9(6-10)18-14-12(20-2)13(15)16-8-17-14/h8-11H,3-7H2,1-2H3,(H3,15,16,17,18). The van der Waals surface area contributed by atoms with Crippen molar-refractivity contribution in [2.75, 3.05) is 25.2 Å². The van der Waals surface area contributed by atoms with Crippen molar-refractivity contribution in [3.63, 3.8) is 0 Å². The van der Waals surface area contributed by atoms with Crippen molar-refractivity contribution in [3.05, 3.63) is 6.33 Å². The molecule has 2 saturated heterocycles. The topological polar surface area (TPSA) is 76.3 Å². The first-order valence-corrected chi connectivity index (χ1v) is 7.32. The third kappa shape index (κ3) is 2.40. The average molecular weight is 277 g/mol. The number of methoxy groups -OCH3 is 1. The van der Waals surface area contributed by atoms with Crippen LogP contribution in [0.25, 0.3) is 0 Å². The van der Waals surface area contributed by atoms with E-state index in [1.165, 1.54) is 25.6 Å². The maximum atomic E-state index is 5.83. The fraction of sp³-hybridized carbons (Fsp3) is 0.714. The largest absolute Gasteiger partial charge is 0.490 e. The zero-order chi connectivity index (χ0) is 14.1. The van der Waals surface area contributed by atoms with Crippen molar-refractivity contribution in [3.8, 4) is 5.75 Å². The van der Waals surface area contributed by atoms with Gasteiger partial charge in [0.05, 0.1) is 7.11 Å². The number of nitrogens with two attached hydrogens (primary N) is 1. The van der Waals surface area contributed by atoms with E-state index in [2.05, 4.69) is 27.2 Å². The molecule has 3 heterocycles. The third-order valence-corrected chi connectivity index (χ3v) is 4.72. The molecule has 3 N–H and O–H groups in total. The van der Waals surface area contributed by atoms with Crippen LogP contribution in [-0.2, 0) is 0 Å². The predicted octanol–water partition coefficient (Wildman–Crippen LogP) is 1.49. The Kier molecular flexibility index (Phi) is 3.65. The van der Waals surface area contributed by atoms with Crippen molar-refractivity contribution in [2.24, 2.45) is 0 Å². The molecule has 2 fully saturated rings.